The first-order chi connectivity index (χ1) is 16.2. The summed E-state index contributed by atoms with van der Waals surface area (Å²) in [6.45, 7) is 3.63. The van der Waals surface area contributed by atoms with Crippen LogP contribution < -0.4 is 15.5 Å². The van der Waals surface area contributed by atoms with Crippen LogP contribution in [0, 0.1) is 13.8 Å². The van der Waals surface area contributed by atoms with Crippen molar-refractivity contribution in [2.45, 2.75) is 13.8 Å². The van der Waals surface area contributed by atoms with E-state index in [9.17, 15) is 14.4 Å². The fourth-order valence-corrected chi connectivity index (χ4v) is 3.97. The average Bonchev–Trinajstić information content (AvgIpc) is 3.01. The van der Waals surface area contributed by atoms with Gasteiger partial charge in [0.2, 0.25) is 0 Å². The number of anilines is 3. The molecule has 0 aromatic heterocycles. The molecule has 6 nitrogen and oxygen atoms in total. The van der Waals surface area contributed by atoms with E-state index >= 15 is 0 Å². The molecule has 0 saturated carbocycles. The molecule has 172 valence electrons. The third-order valence-electron chi connectivity index (χ3n) is 5.26. The molecule has 0 spiro atoms. The Balaban J connectivity index is 1.56. The summed E-state index contributed by atoms with van der Waals surface area (Å²) < 4.78 is 0. The first kappa shape index (κ1) is 23.8. The lowest BCUT2D eigenvalue weighted by Crippen LogP contribution is -2.32. The number of halogens is 3. The van der Waals surface area contributed by atoms with Crippen molar-refractivity contribution in [1.82, 2.24) is 0 Å². The van der Waals surface area contributed by atoms with Crippen molar-refractivity contribution in [1.29, 1.82) is 0 Å². The van der Waals surface area contributed by atoms with Crippen LogP contribution in [-0.2, 0) is 9.59 Å². The largest absolute Gasteiger partial charge is 0.350 e. The van der Waals surface area contributed by atoms with Crippen LogP contribution in [0.25, 0.3) is 0 Å². The van der Waals surface area contributed by atoms with Gasteiger partial charge in [0.25, 0.3) is 17.7 Å². The SMILES string of the molecule is Cc1ccc(NC(=O)c2cccc(NC3=C(Cl)C(=O)N(c4cc(Cl)ccc4C)C3=O)c2)cc1Cl. The van der Waals surface area contributed by atoms with Crippen molar-refractivity contribution >= 4 is 69.6 Å². The molecular formula is C25H18Cl3N3O3. The van der Waals surface area contributed by atoms with Crippen LogP contribution in [-0.4, -0.2) is 17.7 Å². The van der Waals surface area contributed by atoms with Gasteiger partial charge < -0.3 is 10.6 Å². The summed E-state index contributed by atoms with van der Waals surface area (Å²) in [5.74, 6) is -1.65. The first-order valence-electron chi connectivity index (χ1n) is 10.1. The topological polar surface area (TPSA) is 78.5 Å². The smallest absolute Gasteiger partial charge is 0.283 e. The Labute approximate surface area is 211 Å². The second-order valence-electron chi connectivity index (χ2n) is 7.69. The molecule has 9 heteroatoms. The van der Waals surface area contributed by atoms with E-state index in [0.717, 1.165) is 10.5 Å². The molecular weight excluding hydrogens is 497 g/mol. The van der Waals surface area contributed by atoms with Gasteiger partial charge in [-0.15, -0.1) is 0 Å². The highest BCUT2D eigenvalue weighted by Gasteiger charge is 2.39. The molecule has 0 unspecified atom stereocenters. The number of hydrogen-bond acceptors (Lipinski definition) is 4. The molecule has 3 aromatic carbocycles. The zero-order valence-electron chi connectivity index (χ0n) is 18.1. The fraction of sp³-hybridized carbons (Fsp3) is 0.0800. The van der Waals surface area contributed by atoms with Crippen molar-refractivity contribution in [3.8, 4) is 0 Å². The maximum Gasteiger partial charge on any atom is 0.283 e. The van der Waals surface area contributed by atoms with Gasteiger partial charge in [-0.2, -0.15) is 0 Å². The maximum atomic E-state index is 13.1. The summed E-state index contributed by atoms with van der Waals surface area (Å²) in [5, 5.41) is 6.33. The van der Waals surface area contributed by atoms with Gasteiger partial charge in [0, 0.05) is 27.0 Å². The molecule has 1 aliphatic rings. The van der Waals surface area contributed by atoms with Gasteiger partial charge in [-0.05, 0) is 67.4 Å². The number of imide groups is 1. The number of aryl methyl sites for hydroxylation is 2. The van der Waals surface area contributed by atoms with Crippen LogP contribution in [0.4, 0.5) is 17.1 Å². The maximum absolute atomic E-state index is 13.1. The molecule has 3 amide bonds. The van der Waals surface area contributed by atoms with Crippen LogP contribution in [0.3, 0.4) is 0 Å². The lowest BCUT2D eigenvalue weighted by atomic mass is 10.1. The normalized spacial score (nSPS) is 13.5. The minimum atomic E-state index is -0.662. The van der Waals surface area contributed by atoms with Crippen molar-refractivity contribution in [2.24, 2.45) is 0 Å². The summed E-state index contributed by atoms with van der Waals surface area (Å²) in [6.07, 6.45) is 0. The molecule has 0 saturated heterocycles. The number of amides is 3. The van der Waals surface area contributed by atoms with E-state index in [-0.39, 0.29) is 16.6 Å². The lowest BCUT2D eigenvalue weighted by Gasteiger charge is -2.18. The molecule has 0 radical (unpaired) electrons. The van der Waals surface area contributed by atoms with Gasteiger partial charge >= 0.3 is 0 Å². The number of carbonyl (C=O) groups is 3. The number of nitrogens with zero attached hydrogens (tertiary/aromatic N) is 1. The van der Waals surface area contributed by atoms with Crippen molar-refractivity contribution in [3.05, 3.63) is 98.1 Å². The third-order valence-corrected chi connectivity index (χ3v) is 6.26. The third kappa shape index (κ3) is 4.66. The average molecular weight is 515 g/mol. The molecule has 2 N–H and O–H groups in total. The van der Waals surface area contributed by atoms with Gasteiger partial charge in [0.15, 0.2) is 0 Å². The quantitative estimate of drug-likeness (QED) is 0.392. The van der Waals surface area contributed by atoms with E-state index in [1.165, 1.54) is 6.07 Å². The molecule has 34 heavy (non-hydrogen) atoms. The summed E-state index contributed by atoms with van der Waals surface area (Å²) >= 11 is 18.4. The Kier molecular flexibility index (Phi) is 6.66. The zero-order valence-corrected chi connectivity index (χ0v) is 20.3. The van der Waals surface area contributed by atoms with E-state index in [4.69, 9.17) is 34.8 Å². The van der Waals surface area contributed by atoms with Gasteiger partial charge in [-0.3, -0.25) is 14.4 Å². The Hall–Kier alpha value is -3.32. The van der Waals surface area contributed by atoms with Gasteiger partial charge in [0.1, 0.15) is 10.7 Å². The number of benzene rings is 3. The Morgan fingerprint density at radius 3 is 2.29 bits per heavy atom. The molecule has 0 aliphatic carbocycles. The standard InChI is InChI=1S/C25H18Cl3N3O3/c1-13-7-9-18(12-19(13)27)30-23(32)15-4-3-5-17(10-15)29-22-21(28)24(33)31(25(22)34)20-11-16(26)8-6-14(20)2/h3-12,29H,1-2H3,(H,30,32). The number of carbonyl (C=O) groups excluding carboxylic acids is 3. The number of rotatable bonds is 5. The Morgan fingerprint density at radius 1 is 0.824 bits per heavy atom. The van der Waals surface area contributed by atoms with E-state index in [2.05, 4.69) is 10.6 Å². The van der Waals surface area contributed by atoms with Gasteiger partial charge in [0.05, 0.1) is 5.69 Å². The monoisotopic (exact) mass is 513 g/mol. The molecule has 0 fully saturated rings. The van der Waals surface area contributed by atoms with Crippen LogP contribution in [0.15, 0.2) is 71.4 Å². The van der Waals surface area contributed by atoms with Crippen molar-refractivity contribution < 1.29 is 14.4 Å². The molecule has 0 bridgehead atoms. The predicted molar refractivity (Wildman–Crippen MR) is 136 cm³/mol. The summed E-state index contributed by atoms with van der Waals surface area (Å²) in [4.78, 5) is 39.5. The van der Waals surface area contributed by atoms with E-state index in [0.29, 0.717) is 38.2 Å². The molecule has 1 heterocycles. The minimum absolute atomic E-state index is 0.0890. The van der Waals surface area contributed by atoms with Crippen LogP contribution in [0.5, 0.6) is 0 Å². The van der Waals surface area contributed by atoms with E-state index < -0.39 is 11.8 Å². The summed E-state index contributed by atoms with van der Waals surface area (Å²) in [7, 11) is 0. The number of hydrogen-bond donors (Lipinski definition) is 2. The molecule has 4 rings (SSSR count). The van der Waals surface area contributed by atoms with Crippen LogP contribution >= 0.6 is 34.8 Å². The zero-order chi connectivity index (χ0) is 24.6. The van der Waals surface area contributed by atoms with Crippen molar-refractivity contribution in [3.63, 3.8) is 0 Å². The van der Waals surface area contributed by atoms with Gasteiger partial charge in [-0.25, -0.2) is 4.90 Å². The van der Waals surface area contributed by atoms with Crippen molar-refractivity contribution in [2.75, 3.05) is 15.5 Å². The van der Waals surface area contributed by atoms with E-state index in [1.54, 1.807) is 61.5 Å². The minimum Gasteiger partial charge on any atom is -0.350 e. The first-order valence-corrected chi connectivity index (χ1v) is 11.3. The predicted octanol–water partition coefficient (Wildman–Crippen LogP) is 6.30. The highest BCUT2D eigenvalue weighted by molar-refractivity contribution is 6.53. The summed E-state index contributed by atoms with van der Waals surface area (Å²) in [6, 6.07) is 16.6. The molecule has 1 aliphatic heterocycles. The molecule has 3 aromatic rings. The van der Waals surface area contributed by atoms with E-state index in [1.807, 2.05) is 6.92 Å². The lowest BCUT2D eigenvalue weighted by molar-refractivity contribution is -0.120. The Morgan fingerprint density at radius 2 is 1.56 bits per heavy atom. The number of nitrogens with one attached hydrogen (secondary N) is 2. The van der Waals surface area contributed by atoms with Crippen LogP contribution in [0.2, 0.25) is 10.0 Å². The molecule has 0 atom stereocenters. The van der Waals surface area contributed by atoms with Gasteiger partial charge in [-0.1, -0.05) is 53.0 Å². The second-order valence-corrected chi connectivity index (χ2v) is 8.91. The fourth-order valence-electron chi connectivity index (χ4n) is 3.41. The second kappa shape index (κ2) is 9.50. The Bertz CT molecular complexity index is 1380. The highest BCUT2D eigenvalue weighted by atomic mass is 35.5. The summed E-state index contributed by atoms with van der Waals surface area (Å²) in [5.41, 5.74) is 3.14. The van der Waals surface area contributed by atoms with Crippen LogP contribution in [0.1, 0.15) is 21.5 Å². The highest BCUT2D eigenvalue weighted by Crippen LogP contribution is 2.33.